The average Bonchev–Trinajstić information content (AvgIpc) is 2.36. The van der Waals surface area contributed by atoms with Gasteiger partial charge in [0.1, 0.15) is 6.35 Å². The van der Waals surface area contributed by atoms with E-state index in [0.717, 1.165) is 11.7 Å². The van der Waals surface area contributed by atoms with Crippen LogP contribution >= 0.6 is 35.5 Å². The van der Waals surface area contributed by atoms with E-state index in [0.29, 0.717) is 0 Å². The van der Waals surface area contributed by atoms with Gasteiger partial charge in [0.25, 0.3) is 16.0 Å². The first-order valence-electron chi connectivity index (χ1n) is 6.25. The van der Waals surface area contributed by atoms with Crippen LogP contribution in [0.4, 0.5) is 0 Å². The molecule has 5 nitrogen and oxygen atoms in total. The Balaban J connectivity index is -0.000000214. The Hall–Kier alpha value is 1.42. The molecule has 0 unspecified atom stereocenters. The van der Waals surface area contributed by atoms with Crippen LogP contribution in [-0.2, 0) is 23.4 Å². The van der Waals surface area contributed by atoms with Gasteiger partial charge in [-0.2, -0.15) is 8.42 Å². The van der Waals surface area contributed by atoms with Crippen molar-refractivity contribution in [2.24, 2.45) is 0 Å². The smallest absolute Gasteiger partial charge is 1.00 e. The summed E-state index contributed by atoms with van der Waals surface area (Å²) in [5.74, 6) is -3.55. The number of rotatable bonds is 5. The molecule has 0 bridgehead atoms. The van der Waals surface area contributed by atoms with Gasteiger partial charge in [-0.3, -0.25) is 8.75 Å². The molecule has 0 atom stereocenters. The van der Waals surface area contributed by atoms with Crippen LogP contribution in [0.1, 0.15) is 12.5 Å². The van der Waals surface area contributed by atoms with Crippen molar-refractivity contribution in [2.75, 3.05) is 25.8 Å². The largest absolute Gasteiger partial charge is 2.00 e. The van der Waals surface area contributed by atoms with Gasteiger partial charge in [-0.05, 0) is 61.0 Å². The topological polar surface area (TPSA) is 77.5 Å². The standard InChI is InChI=1S/C8H9Cl2O4PS.C4H11OP.CH3.BrH.Mg/c1-7-2-4-8(5-3-7)16(12,13)14-6-15(9,10)11;1-4-6(2,3)5;;;/h2-5H,6H2,1H3;4H2,1-3H3;1H3;1H;/q;;-1;;+2/p-1. The van der Waals surface area contributed by atoms with Gasteiger partial charge in [0.05, 0.1) is 12.0 Å². The van der Waals surface area contributed by atoms with Crippen molar-refractivity contribution < 1.29 is 38.7 Å². The first-order valence-corrected chi connectivity index (χ1v) is 14.1. The minimum absolute atomic E-state index is 0. The Labute approximate surface area is 187 Å². The van der Waals surface area contributed by atoms with Gasteiger partial charge in [0.15, 0.2) is 0 Å². The van der Waals surface area contributed by atoms with Crippen molar-refractivity contribution in [3.05, 3.63) is 37.3 Å². The van der Waals surface area contributed by atoms with E-state index in [4.69, 9.17) is 22.5 Å². The fourth-order valence-electron chi connectivity index (χ4n) is 0.904. The molecule has 0 saturated carbocycles. The van der Waals surface area contributed by atoms with Gasteiger partial charge in [-0.15, -0.1) is 0 Å². The van der Waals surface area contributed by atoms with Crippen LogP contribution in [0, 0.1) is 14.4 Å². The summed E-state index contributed by atoms with van der Waals surface area (Å²) in [4.78, 5) is -0.0279. The maximum absolute atomic E-state index is 11.5. The predicted molar refractivity (Wildman–Crippen MR) is 106 cm³/mol. The Kier molecular flexibility index (Phi) is 19.6. The first-order chi connectivity index (χ1) is 9.77. The van der Waals surface area contributed by atoms with E-state index in [9.17, 15) is 17.5 Å². The van der Waals surface area contributed by atoms with Crippen LogP contribution < -0.4 is 17.0 Å². The molecular weight excluding hydrogens is 505 g/mol. The van der Waals surface area contributed by atoms with Crippen LogP contribution in [-0.4, -0.2) is 57.3 Å². The summed E-state index contributed by atoms with van der Waals surface area (Å²) in [6, 6.07) is 6.02. The van der Waals surface area contributed by atoms with Gasteiger partial charge in [-0.25, -0.2) is 0 Å². The summed E-state index contributed by atoms with van der Waals surface area (Å²) in [5, 5.41) is 0. The van der Waals surface area contributed by atoms with Gasteiger partial charge in [0.2, 0.25) is 0 Å². The second-order valence-corrected chi connectivity index (χ2v) is 15.6. The van der Waals surface area contributed by atoms with E-state index in [1.54, 1.807) is 25.5 Å². The summed E-state index contributed by atoms with van der Waals surface area (Å²) < 4.78 is 49.0. The molecule has 0 amide bonds. The van der Waals surface area contributed by atoms with Crippen molar-refractivity contribution >= 4 is 68.6 Å². The van der Waals surface area contributed by atoms with Gasteiger partial charge in [-0.1, -0.05) is 24.6 Å². The molecule has 1 aromatic rings. The van der Waals surface area contributed by atoms with E-state index in [2.05, 4.69) is 4.18 Å². The van der Waals surface area contributed by atoms with Gasteiger partial charge >= 0.3 is 23.1 Å². The van der Waals surface area contributed by atoms with Crippen LogP contribution in [0.25, 0.3) is 0 Å². The molecule has 0 aliphatic heterocycles. The fraction of sp³-hybridized carbons (Fsp3) is 0.462. The van der Waals surface area contributed by atoms with E-state index >= 15 is 0 Å². The Morgan fingerprint density at radius 2 is 1.44 bits per heavy atom. The number of hydrogen-bond acceptors (Lipinski definition) is 5. The number of hydrogen-bond donors (Lipinski definition) is 0. The Morgan fingerprint density at radius 1 is 1.08 bits per heavy atom. The third-order valence-corrected chi connectivity index (χ3v) is 6.42. The molecule has 0 radical (unpaired) electrons. The van der Waals surface area contributed by atoms with Crippen LogP contribution in [0.15, 0.2) is 29.2 Å². The monoisotopic (exact) mass is 526 g/mol. The van der Waals surface area contributed by atoms with Crippen molar-refractivity contribution in [3.63, 3.8) is 0 Å². The summed E-state index contributed by atoms with van der Waals surface area (Å²) >= 11 is 10.4. The Morgan fingerprint density at radius 3 is 1.72 bits per heavy atom. The summed E-state index contributed by atoms with van der Waals surface area (Å²) in [6.07, 6.45) is 0.0965. The molecule has 144 valence electrons. The molecule has 0 aromatic heterocycles. The summed E-state index contributed by atoms with van der Waals surface area (Å²) in [5.41, 5.74) is 0.916. The van der Waals surface area contributed by atoms with Gasteiger partial charge in [0, 0.05) is 0 Å². The third kappa shape index (κ3) is 18.5. The van der Waals surface area contributed by atoms with Crippen molar-refractivity contribution in [2.45, 2.75) is 18.7 Å². The van der Waals surface area contributed by atoms with Crippen molar-refractivity contribution in [3.8, 4) is 0 Å². The minimum atomic E-state index is -3.95. The minimum Gasteiger partial charge on any atom is -1.00 e. The van der Waals surface area contributed by atoms with E-state index in [1.807, 2.05) is 13.8 Å². The van der Waals surface area contributed by atoms with Crippen LogP contribution in [0.5, 0.6) is 0 Å². The molecule has 0 saturated heterocycles. The molecule has 0 N–H and O–H groups in total. The Bertz CT molecular complexity index is 674. The predicted octanol–water partition coefficient (Wildman–Crippen LogP) is 2.03. The molecule has 0 aliphatic rings. The summed E-state index contributed by atoms with van der Waals surface area (Å²) in [7, 11) is -5.60. The first kappa shape index (κ1) is 34.0. The molecular formula is C13H23BrCl2MgO5P2S. The maximum Gasteiger partial charge on any atom is 2.00 e. The third-order valence-electron chi connectivity index (χ3n) is 2.43. The van der Waals surface area contributed by atoms with E-state index in [1.165, 1.54) is 12.1 Å². The molecule has 0 spiro atoms. The van der Waals surface area contributed by atoms with Crippen LogP contribution in [0.2, 0.25) is 0 Å². The zero-order valence-electron chi connectivity index (χ0n) is 14.9. The fourth-order valence-corrected chi connectivity index (χ4v) is 3.27. The normalized spacial score (nSPS) is 11.0. The number of halogens is 3. The van der Waals surface area contributed by atoms with E-state index < -0.39 is 29.5 Å². The zero-order chi connectivity index (χ0) is 17.6. The molecule has 25 heavy (non-hydrogen) atoms. The van der Waals surface area contributed by atoms with Crippen molar-refractivity contribution in [1.29, 1.82) is 0 Å². The SMILES string of the molecule is CCP(C)(C)=O.Cc1ccc(S(=O)(=O)OCP(=O)(Cl)Cl)cc1.[Br-].[CH3-].[Mg+2]. The molecule has 0 fully saturated rings. The number of benzene rings is 1. The summed E-state index contributed by atoms with van der Waals surface area (Å²) in [6.45, 7) is 7.36. The second kappa shape index (κ2) is 14.4. The average molecular weight is 528 g/mol. The molecule has 1 rings (SSSR count). The quantitative estimate of drug-likeness (QED) is 0.253. The number of aryl methyl sites for hydroxylation is 1. The van der Waals surface area contributed by atoms with E-state index in [-0.39, 0.29) is 52.4 Å². The molecule has 0 heterocycles. The van der Waals surface area contributed by atoms with Crippen LogP contribution in [0.3, 0.4) is 0 Å². The molecule has 1 aromatic carbocycles. The maximum atomic E-state index is 11.5. The van der Waals surface area contributed by atoms with Crippen molar-refractivity contribution in [1.82, 2.24) is 0 Å². The molecule has 0 aliphatic carbocycles. The molecule has 12 heteroatoms. The zero-order valence-corrected chi connectivity index (χ0v) is 22.0. The second-order valence-electron chi connectivity index (χ2n) is 4.97. The van der Waals surface area contributed by atoms with Gasteiger partial charge < -0.3 is 29.0 Å².